The topological polar surface area (TPSA) is 85.5 Å². The highest BCUT2D eigenvalue weighted by molar-refractivity contribution is 5.76. The summed E-state index contributed by atoms with van der Waals surface area (Å²) in [6.45, 7) is 6.66. The van der Waals surface area contributed by atoms with Crippen LogP contribution in [0.25, 0.3) is 0 Å². The van der Waals surface area contributed by atoms with Crippen LogP contribution in [0, 0.1) is 0 Å². The molecule has 1 aliphatic heterocycles. The normalized spacial score (nSPS) is 19.4. The number of piperazine rings is 1. The van der Waals surface area contributed by atoms with Crippen LogP contribution in [0.15, 0.2) is 0 Å². The number of rotatable bonds is 9. The zero-order valence-corrected chi connectivity index (χ0v) is 15.4. The van der Waals surface area contributed by atoms with Crippen molar-refractivity contribution in [2.45, 2.75) is 57.4 Å². The quantitative estimate of drug-likeness (QED) is 0.462. The van der Waals surface area contributed by atoms with E-state index in [1.165, 1.54) is 19.3 Å². The van der Waals surface area contributed by atoms with Gasteiger partial charge in [0.05, 0.1) is 0 Å². The van der Waals surface area contributed by atoms with Crippen LogP contribution in [0.5, 0.6) is 0 Å². The molecule has 0 atom stereocenters. The van der Waals surface area contributed by atoms with Crippen LogP contribution in [0.1, 0.15) is 51.4 Å². The van der Waals surface area contributed by atoms with Crippen molar-refractivity contribution in [1.82, 2.24) is 26.2 Å². The van der Waals surface area contributed by atoms with E-state index in [9.17, 15) is 9.59 Å². The minimum Gasteiger partial charge on any atom is -0.356 e. The summed E-state index contributed by atoms with van der Waals surface area (Å²) < 4.78 is 0. The molecular weight excluding hydrogens is 318 g/mol. The number of nitrogens with one attached hydrogen (secondary N) is 4. The summed E-state index contributed by atoms with van der Waals surface area (Å²) in [4.78, 5) is 26.0. The van der Waals surface area contributed by atoms with Gasteiger partial charge in [0, 0.05) is 51.7 Å². The molecule has 0 spiro atoms. The maximum atomic E-state index is 11.8. The molecule has 25 heavy (non-hydrogen) atoms. The zero-order valence-electron chi connectivity index (χ0n) is 15.4. The molecule has 1 heterocycles. The fourth-order valence-electron chi connectivity index (χ4n) is 3.49. The summed E-state index contributed by atoms with van der Waals surface area (Å²) >= 11 is 0. The fraction of sp³-hybridized carbons (Fsp3) is 0.889. The van der Waals surface area contributed by atoms with Crippen molar-refractivity contribution < 1.29 is 9.59 Å². The third-order valence-corrected chi connectivity index (χ3v) is 4.99. The molecule has 0 aromatic carbocycles. The predicted molar refractivity (Wildman–Crippen MR) is 99.6 cm³/mol. The van der Waals surface area contributed by atoms with Crippen LogP contribution in [0.3, 0.4) is 0 Å². The van der Waals surface area contributed by atoms with Crippen molar-refractivity contribution in [3.63, 3.8) is 0 Å². The second kappa shape index (κ2) is 12.1. The van der Waals surface area contributed by atoms with Crippen molar-refractivity contribution in [2.24, 2.45) is 0 Å². The van der Waals surface area contributed by atoms with Gasteiger partial charge < -0.3 is 26.2 Å². The lowest BCUT2D eigenvalue weighted by Crippen LogP contribution is -2.44. The summed E-state index contributed by atoms with van der Waals surface area (Å²) in [7, 11) is 0. The molecule has 0 aromatic rings. The molecule has 7 heteroatoms. The minimum absolute atomic E-state index is 0.0785. The Hall–Kier alpha value is -1.34. The van der Waals surface area contributed by atoms with E-state index in [-0.39, 0.29) is 11.9 Å². The molecule has 1 aliphatic carbocycles. The van der Waals surface area contributed by atoms with Gasteiger partial charge in [-0.15, -0.1) is 0 Å². The average molecular weight is 354 g/mol. The number of hydrogen-bond acceptors (Lipinski definition) is 4. The molecule has 2 fully saturated rings. The van der Waals surface area contributed by atoms with E-state index < -0.39 is 0 Å². The highest BCUT2D eigenvalue weighted by Crippen LogP contribution is 2.17. The van der Waals surface area contributed by atoms with E-state index in [2.05, 4.69) is 26.2 Å². The second-order valence-electron chi connectivity index (χ2n) is 7.13. The first-order valence-electron chi connectivity index (χ1n) is 9.98. The molecule has 0 unspecified atom stereocenters. The fourth-order valence-corrected chi connectivity index (χ4v) is 3.49. The molecule has 1 saturated carbocycles. The van der Waals surface area contributed by atoms with E-state index in [0.717, 1.165) is 58.5 Å². The maximum absolute atomic E-state index is 11.8. The lowest BCUT2D eigenvalue weighted by Gasteiger charge is -2.27. The van der Waals surface area contributed by atoms with Crippen molar-refractivity contribution in [3.05, 3.63) is 0 Å². The highest BCUT2D eigenvalue weighted by atomic mass is 16.2. The van der Waals surface area contributed by atoms with Gasteiger partial charge in [-0.3, -0.25) is 4.79 Å². The first-order valence-corrected chi connectivity index (χ1v) is 9.98. The molecule has 1 saturated heterocycles. The molecule has 144 valence electrons. The summed E-state index contributed by atoms with van der Waals surface area (Å²) in [5, 5.41) is 12.2. The Morgan fingerprint density at radius 2 is 1.68 bits per heavy atom. The monoisotopic (exact) mass is 353 g/mol. The van der Waals surface area contributed by atoms with Crippen LogP contribution in [-0.2, 0) is 4.79 Å². The molecule has 0 bridgehead atoms. The summed E-state index contributed by atoms with van der Waals surface area (Å²) in [5.41, 5.74) is 0. The Morgan fingerprint density at radius 3 is 2.44 bits per heavy atom. The van der Waals surface area contributed by atoms with Gasteiger partial charge in [-0.25, -0.2) is 4.79 Å². The van der Waals surface area contributed by atoms with Crippen molar-refractivity contribution >= 4 is 11.9 Å². The number of amides is 3. The number of nitrogens with zero attached hydrogens (tertiary/aromatic N) is 1. The smallest absolute Gasteiger partial charge is 0.315 e. The zero-order chi connectivity index (χ0) is 17.7. The molecular formula is C18H35N5O2. The minimum atomic E-state index is -0.0941. The van der Waals surface area contributed by atoms with Crippen LogP contribution >= 0.6 is 0 Å². The molecule has 4 N–H and O–H groups in total. The highest BCUT2D eigenvalue weighted by Gasteiger charge is 2.15. The van der Waals surface area contributed by atoms with E-state index in [1.54, 1.807) is 0 Å². The van der Waals surface area contributed by atoms with E-state index in [0.29, 0.717) is 25.4 Å². The van der Waals surface area contributed by atoms with Crippen LogP contribution in [0.4, 0.5) is 4.79 Å². The third-order valence-electron chi connectivity index (χ3n) is 4.99. The van der Waals surface area contributed by atoms with Crippen LogP contribution in [0.2, 0.25) is 0 Å². The number of carbonyl (C=O) groups is 2. The summed E-state index contributed by atoms with van der Waals surface area (Å²) in [5.74, 6) is 0.0785. The van der Waals surface area contributed by atoms with Gasteiger partial charge >= 0.3 is 6.03 Å². The Bertz CT molecular complexity index is 393. The van der Waals surface area contributed by atoms with Crippen molar-refractivity contribution in [2.75, 3.05) is 45.8 Å². The molecule has 2 aliphatic rings. The lowest BCUT2D eigenvalue weighted by molar-refractivity contribution is -0.121. The first kappa shape index (κ1) is 20.0. The lowest BCUT2D eigenvalue weighted by atomic mass is 9.96. The van der Waals surface area contributed by atoms with Gasteiger partial charge in [0.2, 0.25) is 5.91 Å². The van der Waals surface area contributed by atoms with E-state index in [1.807, 2.05) is 0 Å². The predicted octanol–water partition coefficient (Wildman–Crippen LogP) is 0.810. The van der Waals surface area contributed by atoms with Crippen molar-refractivity contribution in [3.8, 4) is 0 Å². The van der Waals surface area contributed by atoms with Gasteiger partial charge in [0.1, 0.15) is 0 Å². The molecule has 2 rings (SSSR count). The first-order chi connectivity index (χ1) is 12.2. The van der Waals surface area contributed by atoms with Crippen molar-refractivity contribution in [1.29, 1.82) is 0 Å². The van der Waals surface area contributed by atoms with E-state index >= 15 is 0 Å². The molecule has 0 radical (unpaired) electrons. The molecule has 3 amide bonds. The van der Waals surface area contributed by atoms with Gasteiger partial charge in [0.25, 0.3) is 0 Å². The number of carbonyl (C=O) groups excluding carboxylic acids is 2. The van der Waals surface area contributed by atoms with Gasteiger partial charge in [0.15, 0.2) is 0 Å². The Balaban J connectivity index is 1.40. The molecule has 7 nitrogen and oxygen atoms in total. The Morgan fingerprint density at radius 1 is 0.960 bits per heavy atom. The van der Waals surface area contributed by atoms with Gasteiger partial charge in [-0.1, -0.05) is 19.3 Å². The molecule has 0 aromatic heterocycles. The van der Waals surface area contributed by atoms with Gasteiger partial charge in [-0.2, -0.15) is 0 Å². The number of hydrogen-bond donors (Lipinski definition) is 4. The summed E-state index contributed by atoms with van der Waals surface area (Å²) in [6, 6.07) is 0.232. The second-order valence-corrected chi connectivity index (χ2v) is 7.13. The maximum Gasteiger partial charge on any atom is 0.315 e. The van der Waals surface area contributed by atoms with Crippen LogP contribution < -0.4 is 21.3 Å². The third kappa shape index (κ3) is 9.07. The van der Waals surface area contributed by atoms with Gasteiger partial charge in [-0.05, 0) is 32.2 Å². The van der Waals surface area contributed by atoms with E-state index in [4.69, 9.17) is 0 Å². The Kier molecular flexibility index (Phi) is 9.66. The largest absolute Gasteiger partial charge is 0.356 e. The Labute approximate surface area is 151 Å². The van der Waals surface area contributed by atoms with Crippen LogP contribution in [-0.4, -0.2) is 68.7 Å². The average Bonchev–Trinajstić information content (AvgIpc) is 2.64. The summed E-state index contributed by atoms with van der Waals surface area (Å²) in [6.07, 6.45) is 8.02. The SMILES string of the molecule is O=C(CCCNC(=O)NC1CCCCC1)NCCCN1CCNCC1. The number of urea groups is 1. The standard InChI is InChI=1S/C18H35N5O2/c24-17(20-10-5-13-23-14-11-19-12-15-23)8-4-9-21-18(25)22-16-6-2-1-3-7-16/h16,19H,1-15H2,(H,20,24)(H2,21,22,25).